The molecule has 0 radical (unpaired) electrons. The maximum absolute atomic E-state index is 12.3. The first-order valence-electron chi connectivity index (χ1n) is 6.52. The molecule has 0 heterocycles. The van der Waals surface area contributed by atoms with Gasteiger partial charge in [-0.3, -0.25) is 0 Å². The Labute approximate surface area is 129 Å². The van der Waals surface area contributed by atoms with Gasteiger partial charge in [-0.2, -0.15) is 0 Å². The molecule has 0 saturated heterocycles. The summed E-state index contributed by atoms with van der Waals surface area (Å²) in [5.74, 6) is 0. The van der Waals surface area contributed by atoms with Crippen LogP contribution in [0.5, 0.6) is 0 Å². The zero-order chi connectivity index (χ0) is 15.2. The van der Waals surface area contributed by atoms with Crippen LogP contribution < -0.4 is 10.0 Å². The molecule has 0 aliphatic rings. The molecule has 114 valence electrons. The van der Waals surface area contributed by atoms with Crippen molar-refractivity contribution in [3.8, 4) is 0 Å². The molecule has 0 spiro atoms. The Morgan fingerprint density at radius 1 is 1.35 bits per heavy atom. The second kappa shape index (κ2) is 8.09. The normalized spacial score (nSPS) is 12.1. The average molecular weight is 364 g/mol. The van der Waals surface area contributed by atoms with Gasteiger partial charge in [0.25, 0.3) is 0 Å². The number of sulfonamides is 1. The van der Waals surface area contributed by atoms with Crippen LogP contribution in [0.15, 0.2) is 27.6 Å². The monoisotopic (exact) mass is 363 g/mol. The maximum Gasteiger partial charge on any atom is 0.241 e. The van der Waals surface area contributed by atoms with Crippen LogP contribution in [0.2, 0.25) is 0 Å². The Bertz CT molecular complexity index is 534. The highest BCUT2D eigenvalue weighted by molar-refractivity contribution is 9.10. The number of halogens is 1. The average Bonchev–Trinajstić information content (AvgIpc) is 2.40. The second-order valence-corrected chi connectivity index (χ2v) is 7.18. The van der Waals surface area contributed by atoms with Crippen molar-refractivity contribution in [3.05, 3.63) is 28.2 Å². The highest BCUT2D eigenvalue weighted by Gasteiger charge is 2.17. The van der Waals surface area contributed by atoms with E-state index in [4.69, 9.17) is 0 Å². The molecule has 0 aliphatic heterocycles. The minimum Gasteiger partial charge on any atom is -0.316 e. The molecule has 0 atom stereocenters. The van der Waals surface area contributed by atoms with Crippen LogP contribution in [0.1, 0.15) is 12.5 Å². The minimum absolute atomic E-state index is 0.282. The van der Waals surface area contributed by atoms with Crippen molar-refractivity contribution in [3.63, 3.8) is 0 Å². The molecule has 1 rings (SSSR count). The topological polar surface area (TPSA) is 61.4 Å². The summed E-state index contributed by atoms with van der Waals surface area (Å²) in [6.07, 6.45) is 0. The SMILES string of the molecule is CCN(C)CCNS(=O)(=O)c1cc(CNC)ccc1Br. The largest absolute Gasteiger partial charge is 0.316 e. The summed E-state index contributed by atoms with van der Waals surface area (Å²) in [5, 5.41) is 3.01. The van der Waals surface area contributed by atoms with E-state index in [0.29, 0.717) is 24.1 Å². The van der Waals surface area contributed by atoms with E-state index in [0.717, 1.165) is 12.1 Å². The summed E-state index contributed by atoms with van der Waals surface area (Å²) >= 11 is 3.30. The van der Waals surface area contributed by atoms with Gasteiger partial charge in [0.1, 0.15) is 0 Å². The van der Waals surface area contributed by atoms with Crippen LogP contribution in [-0.4, -0.2) is 47.0 Å². The lowest BCUT2D eigenvalue weighted by atomic mass is 10.2. The van der Waals surface area contributed by atoms with E-state index in [-0.39, 0.29) is 4.90 Å². The molecular weight excluding hydrogens is 342 g/mol. The second-order valence-electron chi connectivity index (χ2n) is 4.59. The molecule has 0 saturated carbocycles. The van der Waals surface area contributed by atoms with E-state index >= 15 is 0 Å². The number of hydrogen-bond donors (Lipinski definition) is 2. The van der Waals surface area contributed by atoms with Gasteiger partial charge in [0, 0.05) is 24.1 Å². The Balaban J connectivity index is 2.83. The lowest BCUT2D eigenvalue weighted by molar-refractivity contribution is 0.358. The molecule has 5 nitrogen and oxygen atoms in total. The molecule has 1 aromatic carbocycles. The van der Waals surface area contributed by atoms with Gasteiger partial charge < -0.3 is 10.2 Å². The van der Waals surface area contributed by atoms with E-state index in [2.05, 4.69) is 30.9 Å². The highest BCUT2D eigenvalue weighted by atomic mass is 79.9. The van der Waals surface area contributed by atoms with Crippen molar-refractivity contribution in [2.45, 2.75) is 18.4 Å². The Kier molecular flexibility index (Phi) is 7.11. The molecule has 0 amide bonds. The van der Waals surface area contributed by atoms with Gasteiger partial charge in [0.15, 0.2) is 0 Å². The van der Waals surface area contributed by atoms with Crippen LogP contribution in [0.3, 0.4) is 0 Å². The molecule has 20 heavy (non-hydrogen) atoms. The number of rotatable bonds is 8. The van der Waals surface area contributed by atoms with Crippen LogP contribution in [-0.2, 0) is 16.6 Å². The van der Waals surface area contributed by atoms with E-state index < -0.39 is 10.0 Å². The lowest BCUT2D eigenvalue weighted by Crippen LogP contribution is -2.33. The van der Waals surface area contributed by atoms with Crippen molar-refractivity contribution in [2.24, 2.45) is 0 Å². The molecule has 2 N–H and O–H groups in total. The zero-order valence-corrected chi connectivity index (χ0v) is 14.5. The summed E-state index contributed by atoms with van der Waals surface area (Å²) in [7, 11) is 0.298. The van der Waals surface area contributed by atoms with Crippen molar-refractivity contribution in [2.75, 3.05) is 33.7 Å². The summed E-state index contributed by atoms with van der Waals surface area (Å²) in [6.45, 7) is 4.64. The molecular formula is C13H22BrN3O2S. The molecule has 0 aromatic heterocycles. The third-order valence-electron chi connectivity index (χ3n) is 2.99. The Morgan fingerprint density at radius 3 is 2.65 bits per heavy atom. The van der Waals surface area contributed by atoms with Gasteiger partial charge in [-0.15, -0.1) is 0 Å². The first kappa shape index (κ1) is 17.6. The van der Waals surface area contributed by atoms with E-state index in [1.807, 2.05) is 27.1 Å². The van der Waals surface area contributed by atoms with Crippen LogP contribution in [0.25, 0.3) is 0 Å². The molecule has 1 aromatic rings. The predicted octanol–water partition coefficient (Wildman–Crippen LogP) is 1.40. The smallest absolute Gasteiger partial charge is 0.241 e. The summed E-state index contributed by atoms with van der Waals surface area (Å²) in [6, 6.07) is 5.34. The third-order valence-corrected chi connectivity index (χ3v) is 5.45. The first-order chi connectivity index (χ1) is 9.40. The highest BCUT2D eigenvalue weighted by Crippen LogP contribution is 2.23. The third kappa shape index (κ3) is 5.14. The van der Waals surface area contributed by atoms with Crippen LogP contribution in [0.4, 0.5) is 0 Å². The van der Waals surface area contributed by atoms with E-state index in [1.165, 1.54) is 0 Å². The minimum atomic E-state index is -3.49. The van der Waals surface area contributed by atoms with E-state index in [1.54, 1.807) is 12.1 Å². The van der Waals surface area contributed by atoms with E-state index in [9.17, 15) is 8.42 Å². The predicted molar refractivity (Wildman–Crippen MR) is 85.3 cm³/mol. The maximum atomic E-state index is 12.3. The van der Waals surface area contributed by atoms with Crippen LogP contribution >= 0.6 is 15.9 Å². The Morgan fingerprint density at radius 2 is 2.05 bits per heavy atom. The van der Waals surface area contributed by atoms with Gasteiger partial charge >= 0.3 is 0 Å². The van der Waals surface area contributed by atoms with Crippen LogP contribution in [0, 0.1) is 0 Å². The molecule has 7 heteroatoms. The summed E-state index contributed by atoms with van der Waals surface area (Å²) in [4.78, 5) is 2.33. The fourth-order valence-corrected chi connectivity index (χ4v) is 3.71. The van der Waals surface area contributed by atoms with Gasteiger partial charge in [0.05, 0.1) is 4.90 Å². The standard InChI is InChI=1S/C13H22BrN3O2S/c1-4-17(3)8-7-16-20(18,19)13-9-11(10-15-2)5-6-12(13)14/h5-6,9,15-16H,4,7-8,10H2,1-3H3. The molecule has 0 unspecified atom stereocenters. The van der Waals surface area contributed by atoms with Gasteiger partial charge in [-0.25, -0.2) is 13.1 Å². The quantitative estimate of drug-likeness (QED) is 0.732. The molecule has 0 fully saturated rings. The number of likely N-dealkylation sites (N-methyl/N-ethyl adjacent to an activating group) is 1. The molecule has 0 aliphatic carbocycles. The summed E-state index contributed by atoms with van der Waals surface area (Å²) in [5.41, 5.74) is 0.932. The fourth-order valence-electron chi connectivity index (χ4n) is 1.67. The van der Waals surface area contributed by atoms with Crippen molar-refractivity contribution in [1.82, 2.24) is 14.9 Å². The first-order valence-corrected chi connectivity index (χ1v) is 8.79. The van der Waals surface area contributed by atoms with Gasteiger partial charge in [-0.1, -0.05) is 13.0 Å². The number of hydrogen-bond acceptors (Lipinski definition) is 4. The molecule has 0 bridgehead atoms. The van der Waals surface area contributed by atoms with Gasteiger partial charge in [-0.05, 0) is 54.3 Å². The number of benzene rings is 1. The zero-order valence-electron chi connectivity index (χ0n) is 12.1. The Hall–Kier alpha value is -0.470. The van der Waals surface area contributed by atoms with Crippen molar-refractivity contribution in [1.29, 1.82) is 0 Å². The summed E-state index contributed by atoms with van der Waals surface area (Å²) < 4.78 is 27.8. The van der Waals surface area contributed by atoms with Crippen molar-refractivity contribution >= 4 is 26.0 Å². The lowest BCUT2D eigenvalue weighted by Gasteiger charge is -2.15. The van der Waals surface area contributed by atoms with Gasteiger partial charge in [0.2, 0.25) is 10.0 Å². The fraction of sp³-hybridized carbons (Fsp3) is 0.538. The number of nitrogens with zero attached hydrogens (tertiary/aromatic N) is 1. The van der Waals surface area contributed by atoms with Crippen molar-refractivity contribution < 1.29 is 8.42 Å². The number of nitrogens with one attached hydrogen (secondary N) is 2.